The number of hydrogen-bond donors (Lipinski definition) is 0. The molecule has 0 unspecified atom stereocenters. The van der Waals surface area contributed by atoms with Crippen molar-refractivity contribution in [1.82, 2.24) is 0 Å². The van der Waals surface area contributed by atoms with Gasteiger partial charge in [0.25, 0.3) is 0 Å². The molecule has 0 aromatic heterocycles. The van der Waals surface area contributed by atoms with E-state index < -0.39 is 0 Å². The molecular formula is C7H9O2. The van der Waals surface area contributed by atoms with Crippen molar-refractivity contribution in [3.8, 4) is 12.0 Å². The lowest BCUT2D eigenvalue weighted by Gasteiger charge is -1.81. The Morgan fingerprint density at radius 3 is 2.89 bits per heavy atom. The van der Waals surface area contributed by atoms with E-state index in [0.29, 0.717) is 0 Å². The van der Waals surface area contributed by atoms with Gasteiger partial charge in [0.05, 0.1) is 0 Å². The molecule has 0 saturated carbocycles. The van der Waals surface area contributed by atoms with Gasteiger partial charge in [-0.15, -0.1) is 0 Å². The molecule has 1 radical (unpaired) electrons. The van der Waals surface area contributed by atoms with E-state index in [2.05, 4.69) is 23.7 Å². The molecule has 0 aromatic carbocycles. The average molecular weight is 125 g/mol. The summed E-state index contributed by atoms with van der Waals surface area (Å²) in [5, 5.41) is 0. The van der Waals surface area contributed by atoms with Crippen LogP contribution in [0.15, 0.2) is 0 Å². The van der Waals surface area contributed by atoms with Crippen molar-refractivity contribution in [3.05, 3.63) is 0 Å². The molecule has 0 saturated heterocycles. The Labute approximate surface area is 55.2 Å². The van der Waals surface area contributed by atoms with Crippen LogP contribution in [-0.2, 0) is 9.53 Å². The van der Waals surface area contributed by atoms with Crippen LogP contribution >= 0.6 is 0 Å². The third-order valence-corrected chi connectivity index (χ3v) is 0.820. The first kappa shape index (κ1) is 8.03. The zero-order valence-electron chi connectivity index (χ0n) is 5.44. The van der Waals surface area contributed by atoms with Gasteiger partial charge in [-0.3, -0.25) is 0 Å². The summed E-state index contributed by atoms with van der Waals surface area (Å²) in [5.74, 6) is 2.65. The number of unbranched alkanes of at least 4 members (excludes halogenated alkanes) is 2. The van der Waals surface area contributed by atoms with Crippen LogP contribution in [0.4, 0.5) is 0 Å². The van der Waals surface area contributed by atoms with Gasteiger partial charge in [-0.25, -0.2) is 4.79 Å². The van der Waals surface area contributed by atoms with Crippen molar-refractivity contribution >= 4 is 6.47 Å². The van der Waals surface area contributed by atoms with E-state index in [9.17, 15) is 4.79 Å². The molecular weight excluding hydrogens is 116 g/mol. The van der Waals surface area contributed by atoms with Crippen molar-refractivity contribution in [1.29, 1.82) is 0 Å². The number of ether oxygens (including phenoxy) is 1. The van der Waals surface area contributed by atoms with Crippen LogP contribution in [-0.4, -0.2) is 6.47 Å². The summed E-state index contributed by atoms with van der Waals surface area (Å²) >= 11 is 0. The fraction of sp³-hybridized carbons (Fsp3) is 0.571. The van der Waals surface area contributed by atoms with Crippen LogP contribution in [0, 0.1) is 12.0 Å². The molecule has 0 aliphatic carbocycles. The molecule has 0 bridgehead atoms. The van der Waals surface area contributed by atoms with Crippen molar-refractivity contribution in [3.63, 3.8) is 0 Å². The standard InChI is InChI=1S/C7H9O2/c1-2-3-4-5-6-9-7-8/h2-4H2,1H3. The largest absolute Gasteiger partial charge is 0.432 e. The third kappa shape index (κ3) is 7.03. The van der Waals surface area contributed by atoms with E-state index >= 15 is 0 Å². The lowest BCUT2D eigenvalue weighted by Crippen LogP contribution is -1.73. The summed E-state index contributed by atoms with van der Waals surface area (Å²) in [6, 6.07) is 0. The van der Waals surface area contributed by atoms with Gasteiger partial charge in [-0.05, 0) is 6.42 Å². The molecule has 0 aliphatic heterocycles. The van der Waals surface area contributed by atoms with Gasteiger partial charge >= 0.3 is 6.47 Å². The number of rotatable bonds is 3. The predicted octanol–water partition coefficient (Wildman–Crippen LogP) is 1.22. The molecule has 0 N–H and O–H groups in total. The zero-order valence-corrected chi connectivity index (χ0v) is 5.44. The maximum atomic E-state index is 9.39. The Morgan fingerprint density at radius 1 is 1.56 bits per heavy atom. The monoisotopic (exact) mass is 125 g/mol. The van der Waals surface area contributed by atoms with Gasteiger partial charge in [-0.2, -0.15) is 0 Å². The predicted molar refractivity (Wildman–Crippen MR) is 34.1 cm³/mol. The molecule has 0 atom stereocenters. The van der Waals surface area contributed by atoms with E-state index in [1.807, 2.05) is 0 Å². The Bertz CT molecular complexity index is 119. The topological polar surface area (TPSA) is 26.3 Å². The minimum absolute atomic E-state index is 0.790. The Morgan fingerprint density at radius 2 is 2.33 bits per heavy atom. The second-order valence-corrected chi connectivity index (χ2v) is 1.57. The first-order valence-corrected chi connectivity index (χ1v) is 2.92. The molecule has 0 fully saturated rings. The lowest BCUT2D eigenvalue weighted by atomic mass is 10.3. The summed E-state index contributed by atoms with van der Waals surface area (Å²) < 4.78 is 4.01. The summed E-state index contributed by atoms with van der Waals surface area (Å²) in [5.41, 5.74) is 0. The molecule has 2 heteroatoms. The summed E-state index contributed by atoms with van der Waals surface area (Å²) in [4.78, 5) is 9.39. The first-order valence-electron chi connectivity index (χ1n) is 2.92. The van der Waals surface area contributed by atoms with Crippen molar-refractivity contribution in [2.45, 2.75) is 26.2 Å². The van der Waals surface area contributed by atoms with E-state index in [-0.39, 0.29) is 0 Å². The van der Waals surface area contributed by atoms with Gasteiger partial charge in [0, 0.05) is 6.42 Å². The van der Waals surface area contributed by atoms with Gasteiger partial charge in [0.2, 0.25) is 0 Å². The van der Waals surface area contributed by atoms with Crippen LogP contribution in [0.3, 0.4) is 0 Å². The average Bonchev–Trinajstić information content (AvgIpc) is 1.89. The molecule has 0 heterocycles. The van der Waals surface area contributed by atoms with E-state index in [1.54, 1.807) is 0 Å². The third-order valence-electron chi connectivity index (χ3n) is 0.820. The normalized spacial score (nSPS) is 7.22. The zero-order chi connectivity index (χ0) is 6.95. The second-order valence-electron chi connectivity index (χ2n) is 1.57. The molecule has 0 amide bonds. The summed E-state index contributed by atoms with van der Waals surface area (Å²) in [7, 11) is 0. The molecule has 49 valence electrons. The van der Waals surface area contributed by atoms with Crippen LogP contribution in [0.2, 0.25) is 0 Å². The van der Waals surface area contributed by atoms with Crippen molar-refractivity contribution in [2.24, 2.45) is 0 Å². The first-order chi connectivity index (χ1) is 4.41. The SMILES string of the molecule is CCCCC#CO[C]=O. The Balaban J connectivity index is 3.05. The fourth-order valence-electron chi connectivity index (χ4n) is 0.373. The van der Waals surface area contributed by atoms with Gasteiger partial charge in [-0.1, -0.05) is 19.3 Å². The summed E-state index contributed by atoms with van der Waals surface area (Å²) in [6.07, 6.45) is 5.15. The highest BCUT2D eigenvalue weighted by atomic mass is 16.5. The minimum Gasteiger partial charge on any atom is -0.364 e. The van der Waals surface area contributed by atoms with Gasteiger partial charge < -0.3 is 4.74 Å². The van der Waals surface area contributed by atoms with E-state index in [4.69, 9.17) is 0 Å². The number of hydrogen-bond acceptors (Lipinski definition) is 2. The van der Waals surface area contributed by atoms with Crippen LogP contribution < -0.4 is 0 Å². The molecule has 0 spiro atoms. The van der Waals surface area contributed by atoms with Crippen molar-refractivity contribution < 1.29 is 9.53 Å². The molecule has 9 heavy (non-hydrogen) atoms. The molecule has 2 nitrogen and oxygen atoms in total. The van der Waals surface area contributed by atoms with Crippen LogP contribution in [0.5, 0.6) is 0 Å². The van der Waals surface area contributed by atoms with Gasteiger partial charge in [0.1, 0.15) is 6.11 Å². The van der Waals surface area contributed by atoms with E-state index in [0.717, 1.165) is 19.3 Å². The quantitative estimate of drug-likeness (QED) is 0.418. The molecule has 0 aromatic rings. The maximum absolute atomic E-state index is 9.39. The lowest BCUT2D eigenvalue weighted by molar-refractivity contribution is 0.420. The molecule has 0 rings (SSSR count). The highest BCUT2D eigenvalue weighted by Gasteiger charge is 1.75. The maximum Gasteiger partial charge on any atom is 0.432 e. The Kier molecular flexibility index (Phi) is 6.27. The highest BCUT2D eigenvalue weighted by molar-refractivity contribution is 5.40. The summed E-state index contributed by atoms with van der Waals surface area (Å²) in [6.45, 7) is 3.30. The van der Waals surface area contributed by atoms with E-state index in [1.165, 1.54) is 6.47 Å². The highest BCUT2D eigenvalue weighted by Crippen LogP contribution is 1.89. The van der Waals surface area contributed by atoms with Crippen LogP contribution in [0.25, 0.3) is 0 Å². The smallest absolute Gasteiger partial charge is 0.364 e. The van der Waals surface area contributed by atoms with Gasteiger partial charge in [0.15, 0.2) is 0 Å². The second kappa shape index (κ2) is 7.03. The minimum atomic E-state index is 0.790. The molecule has 0 aliphatic rings. The van der Waals surface area contributed by atoms with Crippen molar-refractivity contribution in [2.75, 3.05) is 0 Å². The van der Waals surface area contributed by atoms with Crippen LogP contribution in [0.1, 0.15) is 26.2 Å². The fourth-order valence-corrected chi connectivity index (χ4v) is 0.373. The Hall–Kier alpha value is -0.970. The number of carbonyl (C=O) groups excluding carboxylic acids is 1.